The van der Waals surface area contributed by atoms with E-state index in [9.17, 15) is 9.18 Å². The lowest BCUT2D eigenvalue weighted by atomic mass is 9.86. The second kappa shape index (κ2) is 7.99. The Bertz CT molecular complexity index is 748. The molecule has 0 aliphatic heterocycles. The number of nitrogens with one attached hydrogen (secondary N) is 1. The van der Waals surface area contributed by atoms with E-state index in [2.05, 4.69) is 22.4 Å². The Balaban J connectivity index is 1.60. The van der Waals surface area contributed by atoms with Crippen molar-refractivity contribution in [2.45, 2.75) is 43.8 Å². The molecule has 134 valence electrons. The molecule has 0 spiro atoms. The van der Waals surface area contributed by atoms with Gasteiger partial charge in [0, 0.05) is 13.1 Å². The Labute approximate surface area is 151 Å². The van der Waals surface area contributed by atoms with E-state index in [1.54, 1.807) is 29.8 Å². The highest BCUT2D eigenvalue weighted by atomic mass is 32.2. The summed E-state index contributed by atoms with van der Waals surface area (Å²) in [6.07, 6.45) is 4.66. The van der Waals surface area contributed by atoms with E-state index in [1.165, 1.54) is 37.1 Å². The predicted octanol–water partition coefficient (Wildman–Crippen LogP) is 3.41. The van der Waals surface area contributed by atoms with Crippen LogP contribution < -0.4 is 5.32 Å². The molecule has 0 saturated heterocycles. The molecule has 1 N–H and O–H groups in total. The molecular weight excluding hydrogens is 339 g/mol. The Morgan fingerprint density at radius 2 is 2.08 bits per heavy atom. The minimum Gasteiger partial charge on any atom is -0.352 e. The van der Waals surface area contributed by atoms with E-state index in [4.69, 9.17) is 0 Å². The van der Waals surface area contributed by atoms with Crippen molar-refractivity contribution in [3.8, 4) is 11.4 Å². The van der Waals surface area contributed by atoms with Gasteiger partial charge in [-0.3, -0.25) is 4.79 Å². The third kappa shape index (κ3) is 4.21. The van der Waals surface area contributed by atoms with Gasteiger partial charge in [-0.1, -0.05) is 43.7 Å². The van der Waals surface area contributed by atoms with Crippen LogP contribution in [0.3, 0.4) is 0 Å². The summed E-state index contributed by atoms with van der Waals surface area (Å²) in [5, 5.41) is 11.9. The quantitative estimate of drug-likeness (QED) is 0.828. The lowest BCUT2D eigenvalue weighted by Crippen LogP contribution is -2.41. The van der Waals surface area contributed by atoms with Crippen molar-refractivity contribution in [1.82, 2.24) is 20.1 Å². The number of carbonyl (C=O) groups is 1. The summed E-state index contributed by atoms with van der Waals surface area (Å²) >= 11 is 1.32. The lowest BCUT2D eigenvalue weighted by Gasteiger charge is -2.29. The molecule has 1 saturated carbocycles. The molecule has 7 heteroatoms. The largest absolute Gasteiger partial charge is 0.352 e. The maximum Gasteiger partial charge on any atom is 0.230 e. The summed E-state index contributed by atoms with van der Waals surface area (Å²) in [6.45, 7) is 2.20. The van der Waals surface area contributed by atoms with Crippen molar-refractivity contribution in [2.24, 2.45) is 13.0 Å². The zero-order chi connectivity index (χ0) is 17.8. The Hall–Kier alpha value is -1.89. The van der Waals surface area contributed by atoms with Gasteiger partial charge in [0.15, 0.2) is 11.0 Å². The number of halogens is 1. The number of amides is 1. The highest BCUT2D eigenvalue weighted by Crippen LogP contribution is 2.26. The van der Waals surface area contributed by atoms with Gasteiger partial charge in [-0.2, -0.15) is 0 Å². The number of rotatable bonds is 5. The van der Waals surface area contributed by atoms with Gasteiger partial charge in [0.25, 0.3) is 0 Å². The van der Waals surface area contributed by atoms with Crippen LogP contribution in [0.1, 0.15) is 32.6 Å². The van der Waals surface area contributed by atoms with Gasteiger partial charge in [0.2, 0.25) is 5.91 Å². The average molecular weight is 362 g/mol. The van der Waals surface area contributed by atoms with E-state index in [0.717, 1.165) is 6.42 Å². The SMILES string of the molecule is C[C@H]1CCCC[C@@H]1NC(=O)CSc1nnc(-c2ccccc2F)n1C. The second-order valence-electron chi connectivity index (χ2n) is 6.57. The maximum atomic E-state index is 13.9. The standard InChI is InChI=1S/C18H23FN4OS/c1-12-7-3-6-10-15(12)20-16(24)11-25-18-22-21-17(23(18)2)13-8-4-5-9-14(13)19/h4-5,8-9,12,15H,3,6-7,10-11H2,1-2H3,(H,20,24)/t12-,15-/m0/s1. The normalized spacial score (nSPS) is 20.4. The van der Waals surface area contributed by atoms with Crippen molar-refractivity contribution in [3.05, 3.63) is 30.1 Å². The van der Waals surface area contributed by atoms with Crippen LogP contribution in [0, 0.1) is 11.7 Å². The van der Waals surface area contributed by atoms with E-state index >= 15 is 0 Å². The van der Waals surface area contributed by atoms with E-state index < -0.39 is 0 Å². The number of nitrogens with zero attached hydrogens (tertiary/aromatic N) is 3. The van der Waals surface area contributed by atoms with Crippen LogP contribution in [0.2, 0.25) is 0 Å². The number of aromatic nitrogens is 3. The molecule has 1 aliphatic carbocycles. The first-order chi connectivity index (χ1) is 12.1. The summed E-state index contributed by atoms with van der Waals surface area (Å²) in [7, 11) is 1.78. The van der Waals surface area contributed by atoms with Crippen molar-refractivity contribution in [1.29, 1.82) is 0 Å². The van der Waals surface area contributed by atoms with Gasteiger partial charge in [0.05, 0.1) is 11.3 Å². The molecule has 1 fully saturated rings. The van der Waals surface area contributed by atoms with Crippen LogP contribution in [0.5, 0.6) is 0 Å². The molecule has 5 nitrogen and oxygen atoms in total. The van der Waals surface area contributed by atoms with Crippen molar-refractivity contribution in [3.63, 3.8) is 0 Å². The third-order valence-corrected chi connectivity index (χ3v) is 5.76. The van der Waals surface area contributed by atoms with E-state index in [1.807, 2.05) is 0 Å². The molecule has 25 heavy (non-hydrogen) atoms. The molecule has 1 amide bonds. The molecule has 1 aliphatic rings. The smallest absolute Gasteiger partial charge is 0.230 e. The average Bonchev–Trinajstić information content (AvgIpc) is 2.96. The Morgan fingerprint density at radius 3 is 2.84 bits per heavy atom. The van der Waals surface area contributed by atoms with Crippen LogP contribution in [0.15, 0.2) is 29.4 Å². The van der Waals surface area contributed by atoms with E-state index in [0.29, 0.717) is 22.5 Å². The van der Waals surface area contributed by atoms with Gasteiger partial charge < -0.3 is 9.88 Å². The van der Waals surface area contributed by atoms with Crippen molar-refractivity contribution in [2.75, 3.05) is 5.75 Å². The number of thioether (sulfide) groups is 1. The molecular formula is C18H23FN4OS. The molecule has 0 bridgehead atoms. The second-order valence-corrected chi connectivity index (χ2v) is 7.51. The molecule has 2 aromatic rings. The van der Waals surface area contributed by atoms with Gasteiger partial charge in [0.1, 0.15) is 5.82 Å². The molecule has 1 aromatic heterocycles. The minimum absolute atomic E-state index is 0.0131. The molecule has 2 atom stereocenters. The summed E-state index contributed by atoms with van der Waals surface area (Å²) in [5.74, 6) is 0.955. The third-order valence-electron chi connectivity index (χ3n) is 4.74. The minimum atomic E-state index is -0.335. The fraction of sp³-hybridized carbons (Fsp3) is 0.500. The van der Waals surface area contributed by atoms with Gasteiger partial charge in [-0.25, -0.2) is 4.39 Å². The first-order valence-electron chi connectivity index (χ1n) is 8.62. The molecule has 3 rings (SSSR count). The highest BCUT2D eigenvalue weighted by Gasteiger charge is 2.23. The van der Waals surface area contributed by atoms with Crippen molar-refractivity contribution >= 4 is 17.7 Å². The van der Waals surface area contributed by atoms with Crippen LogP contribution in [-0.2, 0) is 11.8 Å². The highest BCUT2D eigenvalue weighted by molar-refractivity contribution is 7.99. The molecule has 1 heterocycles. The summed E-state index contributed by atoms with van der Waals surface area (Å²) in [4.78, 5) is 12.2. The lowest BCUT2D eigenvalue weighted by molar-refractivity contribution is -0.119. The predicted molar refractivity (Wildman–Crippen MR) is 96.7 cm³/mol. The number of hydrogen-bond donors (Lipinski definition) is 1. The first kappa shape index (κ1) is 17.9. The fourth-order valence-electron chi connectivity index (χ4n) is 3.23. The zero-order valence-corrected chi connectivity index (χ0v) is 15.4. The number of carbonyl (C=O) groups excluding carboxylic acids is 1. The van der Waals surface area contributed by atoms with E-state index in [-0.39, 0.29) is 23.5 Å². The number of hydrogen-bond acceptors (Lipinski definition) is 4. The van der Waals surface area contributed by atoms with Gasteiger partial charge in [-0.05, 0) is 30.9 Å². The Kier molecular flexibility index (Phi) is 5.73. The van der Waals surface area contributed by atoms with Crippen molar-refractivity contribution < 1.29 is 9.18 Å². The summed E-state index contributed by atoms with van der Waals surface area (Å²) in [5.41, 5.74) is 0.407. The molecule has 1 aromatic carbocycles. The van der Waals surface area contributed by atoms with Gasteiger partial charge >= 0.3 is 0 Å². The summed E-state index contributed by atoms with van der Waals surface area (Å²) in [6, 6.07) is 6.75. The summed E-state index contributed by atoms with van der Waals surface area (Å²) < 4.78 is 15.6. The monoisotopic (exact) mass is 362 g/mol. The van der Waals surface area contributed by atoms with Crippen LogP contribution in [-0.4, -0.2) is 32.5 Å². The topological polar surface area (TPSA) is 59.8 Å². The van der Waals surface area contributed by atoms with Crippen LogP contribution in [0.4, 0.5) is 4.39 Å². The molecule has 0 unspecified atom stereocenters. The molecule has 0 radical (unpaired) electrons. The Morgan fingerprint density at radius 1 is 1.32 bits per heavy atom. The first-order valence-corrected chi connectivity index (χ1v) is 9.61. The van der Waals surface area contributed by atoms with Crippen LogP contribution in [0.25, 0.3) is 11.4 Å². The number of benzene rings is 1. The maximum absolute atomic E-state index is 13.9. The fourth-order valence-corrected chi connectivity index (χ4v) is 3.95. The van der Waals surface area contributed by atoms with Gasteiger partial charge in [-0.15, -0.1) is 10.2 Å². The zero-order valence-electron chi connectivity index (χ0n) is 14.5. The van der Waals surface area contributed by atoms with Crippen LogP contribution >= 0.6 is 11.8 Å².